The van der Waals surface area contributed by atoms with Gasteiger partial charge in [-0.05, 0) is 72.2 Å². The topological polar surface area (TPSA) is 63.1 Å². The minimum absolute atomic E-state index is 0.242. The van der Waals surface area contributed by atoms with Crippen molar-refractivity contribution in [3.8, 4) is 0 Å². The molecule has 0 aliphatic carbocycles. The zero-order valence-corrected chi connectivity index (χ0v) is 13.7. The standard InChI is InChI=1S/C14H13BrN2O2S/c1-7-8(2)16-14(17-9(7)3)20-10-4-5-11(13(18)19)12(15)6-10/h4-6H,1-3H3,(H,18,19). The third-order valence-corrected chi connectivity index (χ3v) is 4.50. The van der Waals surface area contributed by atoms with Crippen LogP contribution in [0.4, 0.5) is 0 Å². The fourth-order valence-electron chi connectivity index (χ4n) is 1.63. The molecule has 0 radical (unpaired) electrons. The number of carboxylic acids is 1. The average Bonchev–Trinajstić information content (AvgIpc) is 2.35. The highest BCUT2D eigenvalue weighted by atomic mass is 79.9. The predicted molar refractivity (Wildman–Crippen MR) is 81.5 cm³/mol. The molecule has 0 amide bonds. The molecule has 0 unspecified atom stereocenters. The fourth-order valence-corrected chi connectivity index (χ4v) is 3.21. The highest BCUT2D eigenvalue weighted by Crippen LogP contribution is 2.29. The van der Waals surface area contributed by atoms with E-state index in [0.717, 1.165) is 21.8 Å². The third kappa shape index (κ3) is 3.19. The number of aromatic nitrogens is 2. The summed E-state index contributed by atoms with van der Waals surface area (Å²) in [5.74, 6) is -0.952. The van der Waals surface area contributed by atoms with E-state index in [0.29, 0.717) is 9.63 Å². The van der Waals surface area contributed by atoms with Gasteiger partial charge in [0, 0.05) is 20.8 Å². The number of carboxylic acid groups (broad SMARTS) is 1. The molecule has 1 N–H and O–H groups in total. The molecular weight excluding hydrogens is 340 g/mol. The summed E-state index contributed by atoms with van der Waals surface area (Å²) in [6.07, 6.45) is 0. The van der Waals surface area contributed by atoms with Crippen molar-refractivity contribution >= 4 is 33.7 Å². The van der Waals surface area contributed by atoms with Crippen molar-refractivity contribution in [1.29, 1.82) is 0 Å². The van der Waals surface area contributed by atoms with Crippen LogP contribution in [0.1, 0.15) is 27.3 Å². The molecule has 2 aromatic rings. The van der Waals surface area contributed by atoms with Gasteiger partial charge in [0.05, 0.1) is 5.56 Å². The predicted octanol–water partition coefficient (Wildman–Crippen LogP) is 4.01. The lowest BCUT2D eigenvalue weighted by Gasteiger charge is -2.07. The van der Waals surface area contributed by atoms with Crippen LogP contribution in [-0.4, -0.2) is 21.0 Å². The first-order valence-corrected chi connectivity index (χ1v) is 7.52. The molecule has 0 bridgehead atoms. The Morgan fingerprint density at radius 2 is 1.80 bits per heavy atom. The van der Waals surface area contributed by atoms with Gasteiger partial charge in [-0.1, -0.05) is 0 Å². The maximum Gasteiger partial charge on any atom is 0.336 e. The molecule has 0 saturated heterocycles. The number of aryl methyl sites for hydroxylation is 2. The molecule has 1 heterocycles. The summed E-state index contributed by atoms with van der Waals surface area (Å²) in [4.78, 5) is 20.7. The van der Waals surface area contributed by atoms with Crippen LogP contribution in [0.5, 0.6) is 0 Å². The molecule has 0 saturated carbocycles. The lowest BCUT2D eigenvalue weighted by molar-refractivity contribution is 0.0696. The number of hydrogen-bond acceptors (Lipinski definition) is 4. The third-order valence-electron chi connectivity index (χ3n) is 2.99. The van der Waals surface area contributed by atoms with Gasteiger partial charge >= 0.3 is 5.97 Å². The first-order chi connectivity index (χ1) is 9.38. The van der Waals surface area contributed by atoms with E-state index < -0.39 is 5.97 Å². The number of nitrogens with zero attached hydrogens (tertiary/aromatic N) is 2. The van der Waals surface area contributed by atoms with Gasteiger partial charge in [-0.3, -0.25) is 0 Å². The summed E-state index contributed by atoms with van der Waals surface area (Å²) >= 11 is 4.68. The molecular formula is C14H13BrN2O2S. The first kappa shape index (κ1) is 15.0. The first-order valence-electron chi connectivity index (χ1n) is 5.91. The van der Waals surface area contributed by atoms with Crippen molar-refractivity contribution in [2.75, 3.05) is 0 Å². The molecule has 2 rings (SSSR count). The molecule has 4 nitrogen and oxygen atoms in total. The maximum absolute atomic E-state index is 11.0. The monoisotopic (exact) mass is 352 g/mol. The van der Waals surface area contributed by atoms with Gasteiger partial charge in [-0.15, -0.1) is 0 Å². The second kappa shape index (κ2) is 5.93. The van der Waals surface area contributed by atoms with Crippen molar-refractivity contribution in [2.45, 2.75) is 30.8 Å². The largest absolute Gasteiger partial charge is 0.478 e. The van der Waals surface area contributed by atoms with Crippen LogP contribution < -0.4 is 0 Å². The van der Waals surface area contributed by atoms with Gasteiger partial charge in [-0.2, -0.15) is 0 Å². The molecule has 0 fully saturated rings. The average molecular weight is 353 g/mol. The molecule has 0 aliphatic rings. The molecule has 1 aromatic carbocycles. The maximum atomic E-state index is 11.0. The second-order valence-corrected chi connectivity index (χ2v) is 6.25. The molecule has 0 spiro atoms. The van der Waals surface area contributed by atoms with Crippen LogP contribution in [0.3, 0.4) is 0 Å². The van der Waals surface area contributed by atoms with Crippen LogP contribution in [0.2, 0.25) is 0 Å². The Morgan fingerprint density at radius 3 is 2.30 bits per heavy atom. The number of halogens is 1. The van der Waals surface area contributed by atoms with Crippen molar-refractivity contribution < 1.29 is 9.90 Å². The summed E-state index contributed by atoms with van der Waals surface area (Å²) < 4.78 is 0.551. The highest BCUT2D eigenvalue weighted by Gasteiger charge is 2.11. The Kier molecular flexibility index (Phi) is 4.45. The number of carbonyl (C=O) groups is 1. The number of aromatic carboxylic acids is 1. The van der Waals surface area contributed by atoms with Gasteiger partial charge in [0.15, 0.2) is 5.16 Å². The quantitative estimate of drug-likeness (QED) is 0.845. The molecule has 104 valence electrons. The fraction of sp³-hybridized carbons (Fsp3) is 0.214. The summed E-state index contributed by atoms with van der Waals surface area (Å²) in [5, 5.41) is 9.66. The lowest BCUT2D eigenvalue weighted by atomic mass is 10.2. The van der Waals surface area contributed by atoms with E-state index in [9.17, 15) is 4.79 Å². The second-order valence-electron chi connectivity index (χ2n) is 4.35. The summed E-state index contributed by atoms with van der Waals surface area (Å²) in [7, 11) is 0. The van der Waals surface area contributed by atoms with Crippen LogP contribution in [0.25, 0.3) is 0 Å². The van der Waals surface area contributed by atoms with Crippen molar-refractivity contribution in [3.05, 3.63) is 45.2 Å². The van der Waals surface area contributed by atoms with E-state index in [1.807, 2.05) is 20.8 Å². The summed E-state index contributed by atoms with van der Waals surface area (Å²) in [5.41, 5.74) is 3.26. The lowest BCUT2D eigenvalue weighted by Crippen LogP contribution is -1.99. The SMILES string of the molecule is Cc1nc(Sc2ccc(C(=O)O)c(Br)c2)nc(C)c1C. The zero-order chi connectivity index (χ0) is 14.9. The smallest absolute Gasteiger partial charge is 0.336 e. The van der Waals surface area contributed by atoms with E-state index in [1.165, 1.54) is 11.8 Å². The van der Waals surface area contributed by atoms with Gasteiger partial charge in [-0.25, -0.2) is 14.8 Å². The van der Waals surface area contributed by atoms with E-state index in [-0.39, 0.29) is 5.56 Å². The Labute approximate surface area is 129 Å². The molecule has 1 aromatic heterocycles. The van der Waals surface area contributed by atoms with Crippen molar-refractivity contribution in [1.82, 2.24) is 9.97 Å². The summed E-state index contributed by atoms with van der Waals surface area (Å²) in [6, 6.07) is 5.09. The van der Waals surface area contributed by atoms with E-state index in [2.05, 4.69) is 25.9 Å². The molecule has 20 heavy (non-hydrogen) atoms. The van der Waals surface area contributed by atoms with Gasteiger partial charge in [0.1, 0.15) is 0 Å². The van der Waals surface area contributed by atoms with E-state index >= 15 is 0 Å². The number of hydrogen-bond donors (Lipinski definition) is 1. The van der Waals surface area contributed by atoms with Crippen molar-refractivity contribution in [2.24, 2.45) is 0 Å². The molecule has 0 atom stereocenters. The summed E-state index contributed by atoms with van der Waals surface area (Å²) in [6.45, 7) is 5.91. The Bertz CT molecular complexity index is 666. The normalized spacial score (nSPS) is 10.6. The minimum Gasteiger partial charge on any atom is -0.478 e. The van der Waals surface area contributed by atoms with Crippen LogP contribution >= 0.6 is 27.7 Å². The number of benzene rings is 1. The van der Waals surface area contributed by atoms with Crippen LogP contribution in [-0.2, 0) is 0 Å². The zero-order valence-electron chi connectivity index (χ0n) is 11.3. The Hall–Kier alpha value is -1.40. The van der Waals surface area contributed by atoms with Gasteiger partial charge < -0.3 is 5.11 Å². The van der Waals surface area contributed by atoms with Gasteiger partial charge in [0.25, 0.3) is 0 Å². The van der Waals surface area contributed by atoms with Crippen LogP contribution in [0, 0.1) is 20.8 Å². The van der Waals surface area contributed by atoms with Gasteiger partial charge in [0.2, 0.25) is 0 Å². The Balaban J connectivity index is 2.31. The molecule has 6 heteroatoms. The minimum atomic E-state index is -0.952. The van der Waals surface area contributed by atoms with Crippen molar-refractivity contribution in [3.63, 3.8) is 0 Å². The number of rotatable bonds is 3. The molecule has 0 aliphatic heterocycles. The highest BCUT2D eigenvalue weighted by molar-refractivity contribution is 9.10. The van der Waals surface area contributed by atoms with E-state index in [1.54, 1.807) is 18.2 Å². The van der Waals surface area contributed by atoms with E-state index in [4.69, 9.17) is 5.11 Å². The Morgan fingerprint density at radius 1 is 1.20 bits per heavy atom. The van der Waals surface area contributed by atoms with Crippen LogP contribution in [0.15, 0.2) is 32.7 Å².